The van der Waals surface area contributed by atoms with Gasteiger partial charge in [0.2, 0.25) is 0 Å². The van der Waals surface area contributed by atoms with Crippen LogP contribution in [0.1, 0.15) is 40.0 Å². The third-order valence-electron chi connectivity index (χ3n) is 2.59. The third-order valence-corrected chi connectivity index (χ3v) is 2.59. The minimum Gasteiger partial charge on any atom is -0.388 e. The molecule has 1 fully saturated rings. The molecule has 0 aromatic carbocycles. The van der Waals surface area contributed by atoms with E-state index in [-0.39, 0.29) is 24.0 Å². The SMILES string of the molecule is CCNC(=NCC1(O)CCC1)NC(C)C.I. The van der Waals surface area contributed by atoms with Crippen LogP contribution >= 0.6 is 24.0 Å². The molecule has 0 bridgehead atoms. The molecule has 1 rings (SSSR count). The van der Waals surface area contributed by atoms with Gasteiger partial charge in [0, 0.05) is 12.6 Å². The molecule has 16 heavy (non-hydrogen) atoms. The first-order valence-electron chi connectivity index (χ1n) is 5.83. The monoisotopic (exact) mass is 341 g/mol. The molecule has 4 nitrogen and oxygen atoms in total. The summed E-state index contributed by atoms with van der Waals surface area (Å²) in [4.78, 5) is 4.39. The molecule has 0 spiro atoms. The molecular formula is C11H24IN3O. The highest BCUT2D eigenvalue weighted by Gasteiger charge is 2.34. The molecule has 0 heterocycles. The van der Waals surface area contributed by atoms with Crippen molar-refractivity contribution in [3.05, 3.63) is 0 Å². The van der Waals surface area contributed by atoms with Gasteiger partial charge in [-0.25, -0.2) is 0 Å². The molecule has 0 amide bonds. The summed E-state index contributed by atoms with van der Waals surface area (Å²) >= 11 is 0. The van der Waals surface area contributed by atoms with E-state index in [0.29, 0.717) is 12.6 Å². The highest BCUT2D eigenvalue weighted by atomic mass is 127. The number of halogens is 1. The van der Waals surface area contributed by atoms with Gasteiger partial charge in [-0.3, -0.25) is 4.99 Å². The predicted molar refractivity (Wildman–Crippen MR) is 78.5 cm³/mol. The van der Waals surface area contributed by atoms with Crippen LogP contribution in [0.15, 0.2) is 4.99 Å². The lowest BCUT2D eigenvalue weighted by atomic mass is 9.80. The quantitative estimate of drug-likeness (QED) is 0.413. The Balaban J connectivity index is 0.00000225. The Kier molecular flexibility index (Phi) is 7.30. The van der Waals surface area contributed by atoms with Crippen molar-refractivity contribution in [1.29, 1.82) is 0 Å². The van der Waals surface area contributed by atoms with Crippen molar-refractivity contribution in [1.82, 2.24) is 10.6 Å². The number of guanidine groups is 1. The van der Waals surface area contributed by atoms with Crippen LogP contribution in [0.4, 0.5) is 0 Å². The van der Waals surface area contributed by atoms with Crippen molar-refractivity contribution in [3.8, 4) is 0 Å². The molecule has 0 unspecified atom stereocenters. The van der Waals surface area contributed by atoms with Gasteiger partial charge >= 0.3 is 0 Å². The van der Waals surface area contributed by atoms with E-state index in [2.05, 4.69) is 29.5 Å². The zero-order chi connectivity index (χ0) is 11.3. The average molecular weight is 341 g/mol. The second kappa shape index (κ2) is 7.32. The zero-order valence-corrected chi connectivity index (χ0v) is 12.7. The second-order valence-corrected chi connectivity index (χ2v) is 4.57. The average Bonchev–Trinajstić information content (AvgIpc) is 2.11. The first-order valence-corrected chi connectivity index (χ1v) is 5.83. The molecular weight excluding hydrogens is 317 g/mol. The number of nitrogens with zero attached hydrogens (tertiary/aromatic N) is 1. The Morgan fingerprint density at radius 3 is 2.44 bits per heavy atom. The summed E-state index contributed by atoms with van der Waals surface area (Å²) in [5.41, 5.74) is -0.528. The van der Waals surface area contributed by atoms with E-state index < -0.39 is 5.60 Å². The summed E-state index contributed by atoms with van der Waals surface area (Å²) < 4.78 is 0. The minimum atomic E-state index is -0.528. The van der Waals surface area contributed by atoms with Gasteiger partial charge in [-0.05, 0) is 40.0 Å². The van der Waals surface area contributed by atoms with Gasteiger partial charge in [-0.15, -0.1) is 24.0 Å². The van der Waals surface area contributed by atoms with Crippen molar-refractivity contribution < 1.29 is 5.11 Å². The summed E-state index contributed by atoms with van der Waals surface area (Å²) in [7, 11) is 0. The molecule has 0 atom stereocenters. The van der Waals surface area contributed by atoms with Gasteiger partial charge in [0.05, 0.1) is 12.1 Å². The van der Waals surface area contributed by atoms with Crippen LogP contribution in [0.3, 0.4) is 0 Å². The van der Waals surface area contributed by atoms with Gasteiger partial charge < -0.3 is 15.7 Å². The molecule has 0 aromatic heterocycles. The van der Waals surface area contributed by atoms with Gasteiger partial charge in [-0.2, -0.15) is 0 Å². The van der Waals surface area contributed by atoms with E-state index in [0.717, 1.165) is 31.8 Å². The Morgan fingerprint density at radius 2 is 2.06 bits per heavy atom. The molecule has 3 N–H and O–H groups in total. The number of aliphatic imine (C=N–C) groups is 1. The molecule has 0 aliphatic heterocycles. The maximum Gasteiger partial charge on any atom is 0.191 e. The molecule has 0 radical (unpaired) electrons. The fourth-order valence-electron chi connectivity index (χ4n) is 1.56. The zero-order valence-electron chi connectivity index (χ0n) is 10.4. The number of hydrogen-bond acceptors (Lipinski definition) is 2. The maximum absolute atomic E-state index is 9.90. The largest absolute Gasteiger partial charge is 0.388 e. The summed E-state index contributed by atoms with van der Waals surface area (Å²) in [6.07, 6.45) is 2.90. The van der Waals surface area contributed by atoms with E-state index >= 15 is 0 Å². The van der Waals surface area contributed by atoms with Crippen LogP contribution in [0.25, 0.3) is 0 Å². The smallest absolute Gasteiger partial charge is 0.191 e. The molecule has 1 aliphatic carbocycles. The fourth-order valence-corrected chi connectivity index (χ4v) is 1.56. The Hall–Kier alpha value is -0.0400. The van der Waals surface area contributed by atoms with Gasteiger partial charge in [0.1, 0.15) is 0 Å². The highest BCUT2D eigenvalue weighted by molar-refractivity contribution is 14.0. The Bertz CT molecular complexity index is 227. The molecule has 96 valence electrons. The molecule has 0 saturated heterocycles. The van der Waals surface area contributed by atoms with Crippen LogP contribution in [0.2, 0.25) is 0 Å². The van der Waals surface area contributed by atoms with Gasteiger partial charge in [0.25, 0.3) is 0 Å². The summed E-state index contributed by atoms with van der Waals surface area (Å²) in [6.45, 7) is 7.54. The van der Waals surface area contributed by atoms with Gasteiger partial charge in [-0.1, -0.05) is 0 Å². The predicted octanol–water partition coefficient (Wildman–Crippen LogP) is 1.48. The van der Waals surface area contributed by atoms with E-state index in [1.54, 1.807) is 0 Å². The molecule has 0 aromatic rings. The van der Waals surface area contributed by atoms with E-state index in [4.69, 9.17) is 0 Å². The Morgan fingerprint density at radius 1 is 1.44 bits per heavy atom. The maximum atomic E-state index is 9.90. The van der Waals surface area contributed by atoms with Crippen molar-refractivity contribution in [2.45, 2.75) is 51.7 Å². The van der Waals surface area contributed by atoms with Crippen molar-refractivity contribution in [2.75, 3.05) is 13.1 Å². The molecule has 1 saturated carbocycles. The van der Waals surface area contributed by atoms with Crippen molar-refractivity contribution in [3.63, 3.8) is 0 Å². The first-order chi connectivity index (χ1) is 7.06. The van der Waals surface area contributed by atoms with E-state index in [1.165, 1.54) is 0 Å². The number of hydrogen-bond donors (Lipinski definition) is 3. The van der Waals surface area contributed by atoms with Crippen LogP contribution in [0.5, 0.6) is 0 Å². The van der Waals surface area contributed by atoms with Crippen LogP contribution in [0, 0.1) is 0 Å². The van der Waals surface area contributed by atoms with E-state index in [1.807, 2.05) is 6.92 Å². The molecule has 5 heteroatoms. The summed E-state index contributed by atoms with van der Waals surface area (Å²) in [5.74, 6) is 0.799. The minimum absolute atomic E-state index is 0. The highest BCUT2D eigenvalue weighted by Crippen LogP contribution is 2.31. The van der Waals surface area contributed by atoms with Gasteiger partial charge in [0.15, 0.2) is 5.96 Å². The van der Waals surface area contributed by atoms with Crippen molar-refractivity contribution >= 4 is 29.9 Å². The number of nitrogens with one attached hydrogen (secondary N) is 2. The lowest BCUT2D eigenvalue weighted by molar-refractivity contribution is -0.0236. The topological polar surface area (TPSA) is 56.7 Å². The summed E-state index contributed by atoms with van der Waals surface area (Å²) in [6, 6.07) is 0.360. The second-order valence-electron chi connectivity index (χ2n) is 4.57. The van der Waals surface area contributed by atoms with Crippen LogP contribution < -0.4 is 10.6 Å². The molecule has 1 aliphatic rings. The fraction of sp³-hybridized carbons (Fsp3) is 0.909. The van der Waals surface area contributed by atoms with E-state index in [9.17, 15) is 5.11 Å². The third kappa shape index (κ3) is 5.34. The number of aliphatic hydroxyl groups is 1. The first kappa shape index (κ1) is 16.0. The standard InChI is InChI=1S/C11H23N3O.HI/c1-4-12-10(14-9(2)3)13-8-11(15)6-5-7-11;/h9,15H,4-8H2,1-3H3,(H2,12,13,14);1H. The normalized spacial score (nSPS) is 18.7. The van der Waals surface area contributed by atoms with Crippen molar-refractivity contribution in [2.24, 2.45) is 4.99 Å². The number of rotatable bonds is 4. The van der Waals surface area contributed by atoms with Crippen LogP contribution in [-0.2, 0) is 0 Å². The lowest BCUT2D eigenvalue weighted by Crippen LogP contribution is -2.44. The lowest BCUT2D eigenvalue weighted by Gasteiger charge is -2.35. The Labute approximate surface area is 115 Å². The summed E-state index contributed by atoms with van der Waals surface area (Å²) in [5, 5.41) is 16.3. The van der Waals surface area contributed by atoms with Crippen LogP contribution in [-0.4, -0.2) is 35.8 Å².